The van der Waals surface area contributed by atoms with Crippen molar-refractivity contribution in [3.05, 3.63) is 17.7 Å². The molecule has 2 heterocycles. The highest BCUT2D eigenvalue weighted by atomic mass is 16.5. The van der Waals surface area contributed by atoms with Gasteiger partial charge in [0.2, 0.25) is 0 Å². The monoisotopic (exact) mass is 193 g/mol. The first-order valence-electron chi connectivity index (χ1n) is 3.85. The number of nitrogens with zero attached hydrogens (tertiary/aromatic N) is 5. The number of methoxy groups -OCH3 is 1. The lowest BCUT2D eigenvalue weighted by Crippen LogP contribution is -2.12. The van der Waals surface area contributed by atoms with Crippen molar-refractivity contribution in [2.75, 3.05) is 7.11 Å². The van der Waals surface area contributed by atoms with Gasteiger partial charge in [0.05, 0.1) is 12.8 Å². The van der Waals surface area contributed by atoms with Crippen LogP contribution < -0.4 is 0 Å². The van der Waals surface area contributed by atoms with E-state index in [0.29, 0.717) is 11.5 Å². The fourth-order valence-electron chi connectivity index (χ4n) is 1.09. The first-order valence-corrected chi connectivity index (χ1v) is 3.85. The summed E-state index contributed by atoms with van der Waals surface area (Å²) in [5.74, 6) is -0.178. The van der Waals surface area contributed by atoms with Crippen LogP contribution >= 0.6 is 0 Å². The van der Waals surface area contributed by atoms with Crippen molar-refractivity contribution in [1.29, 1.82) is 0 Å². The van der Waals surface area contributed by atoms with E-state index in [-0.39, 0.29) is 5.69 Å². The summed E-state index contributed by atoms with van der Waals surface area (Å²) < 4.78 is 5.97. The van der Waals surface area contributed by atoms with Crippen LogP contribution in [-0.4, -0.2) is 37.9 Å². The van der Waals surface area contributed by atoms with E-state index in [1.54, 1.807) is 6.92 Å². The summed E-state index contributed by atoms with van der Waals surface area (Å²) in [5, 5.41) is 11.3. The molecule has 0 saturated carbocycles. The second-order valence-electron chi connectivity index (χ2n) is 2.60. The quantitative estimate of drug-likeness (QED) is 0.574. The topological polar surface area (TPSA) is 82.3 Å². The van der Waals surface area contributed by atoms with Crippen LogP contribution in [0.5, 0.6) is 0 Å². The van der Waals surface area contributed by atoms with Gasteiger partial charge >= 0.3 is 5.97 Å². The molecule has 0 aliphatic heterocycles. The van der Waals surface area contributed by atoms with Gasteiger partial charge in [-0.2, -0.15) is 14.6 Å². The lowest BCUT2D eigenvalue weighted by Gasteiger charge is -2.01. The molecule has 0 bridgehead atoms. The van der Waals surface area contributed by atoms with Gasteiger partial charge in [-0.3, -0.25) is 0 Å². The summed E-state index contributed by atoms with van der Waals surface area (Å²) in [6.07, 6.45) is 1.35. The standard InChI is InChI=1S/C7H7N5O2/c1-4-5(6(13)14-2)10-11-7-8-3-9-12(4)7/h3H,1-2H3. The smallest absolute Gasteiger partial charge is 0.360 e. The molecule has 0 radical (unpaired) electrons. The van der Waals surface area contributed by atoms with Gasteiger partial charge in [0.25, 0.3) is 5.78 Å². The minimum absolute atomic E-state index is 0.144. The van der Waals surface area contributed by atoms with Crippen molar-refractivity contribution in [2.24, 2.45) is 0 Å². The number of rotatable bonds is 1. The van der Waals surface area contributed by atoms with Gasteiger partial charge in [-0.25, -0.2) is 4.79 Å². The fourth-order valence-corrected chi connectivity index (χ4v) is 1.09. The molecule has 2 aromatic rings. The van der Waals surface area contributed by atoms with Crippen LogP contribution in [0.4, 0.5) is 0 Å². The Balaban J connectivity index is 2.67. The van der Waals surface area contributed by atoms with Gasteiger partial charge < -0.3 is 4.74 Å². The van der Waals surface area contributed by atoms with E-state index in [9.17, 15) is 4.79 Å². The summed E-state index contributed by atoms with van der Waals surface area (Å²) in [7, 11) is 1.29. The molecule has 0 amide bonds. The molecule has 0 fully saturated rings. The summed E-state index contributed by atoms with van der Waals surface area (Å²) in [6.45, 7) is 1.70. The van der Waals surface area contributed by atoms with Crippen LogP contribution in [0.3, 0.4) is 0 Å². The minimum atomic E-state index is -0.535. The maximum Gasteiger partial charge on any atom is 0.360 e. The Hall–Kier alpha value is -2.05. The Kier molecular flexibility index (Phi) is 1.84. The van der Waals surface area contributed by atoms with Crippen LogP contribution in [0.25, 0.3) is 5.78 Å². The van der Waals surface area contributed by atoms with Crippen molar-refractivity contribution in [3.8, 4) is 0 Å². The molecule has 0 aliphatic carbocycles. The average molecular weight is 193 g/mol. The van der Waals surface area contributed by atoms with Gasteiger partial charge in [-0.1, -0.05) is 0 Å². The molecule has 2 aromatic heterocycles. The van der Waals surface area contributed by atoms with Crippen LogP contribution in [-0.2, 0) is 4.74 Å². The van der Waals surface area contributed by atoms with Crippen LogP contribution in [0, 0.1) is 6.92 Å². The zero-order valence-corrected chi connectivity index (χ0v) is 7.63. The van der Waals surface area contributed by atoms with Gasteiger partial charge in [-0.15, -0.1) is 10.2 Å². The predicted molar refractivity (Wildman–Crippen MR) is 44.7 cm³/mol. The molecule has 7 nitrogen and oxygen atoms in total. The van der Waals surface area contributed by atoms with E-state index in [0.717, 1.165) is 0 Å². The molecular weight excluding hydrogens is 186 g/mol. The number of hydrogen-bond donors (Lipinski definition) is 0. The van der Waals surface area contributed by atoms with Crippen molar-refractivity contribution < 1.29 is 9.53 Å². The number of fused-ring (bicyclic) bond motifs is 1. The second-order valence-corrected chi connectivity index (χ2v) is 2.60. The van der Waals surface area contributed by atoms with Gasteiger partial charge in [0.15, 0.2) is 5.69 Å². The molecule has 0 saturated heterocycles. The number of aromatic nitrogens is 5. The number of carbonyl (C=O) groups is 1. The van der Waals surface area contributed by atoms with E-state index < -0.39 is 5.97 Å². The Bertz CT molecular complexity index is 492. The number of esters is 1. The molecule has 0 aromatic carbocycles. The van der Waals surface area contributed by atoms with Crippen LogP contribution in [0.1, 0.15) is 16.2 Å². The number of ether oxygens (including phenoxy) is 1. The van der Waals surface area contributed by atoms with E-state index in [1.165, 1.54) is 18.0 Å². The van der Waals surface area contributed by atoms with Crippen molar-refractivity contribution in [3.63, 3.8) is 0 Å². The van der Waals surface area contributed by atoms with E-state index in [4.69, 9.17) is 0 Å². The molecule has 0 atom stereocenters. The normalized spacial score (nSPS) is 10.4. The summed E-state index contributed by atoms with van der Waals surface area (Å²) >= 11 is 0. The maximum atomic E-state index is 11.2. The number of hydrogen-bond acceptors (Lipinski definition) is 6. The van der Waals surface area contributed by atoms with Crippen molar-refractivity contribution >= 4 is 11.7 Å². The SMILES string of the molecule is COC(=O)c1nnc2ncnn2c1C. The minimum Gasteiger partial charge on any atom is -0.464 e. The Labute approximate surface area is 78.7 Å². The maximum absolute atomic E-state index is 11.2. The first-order chi connectivity index (χ1) is 6.74. The van der Waals surface area contributed by atoms with Gasteiger partial charge in [0, 0.05) is 0 Å². The molecule has 72 valence electrons. The zero-order valence-electron chi connectivity index (χ0n) is 7.63. The highest BCUT2D eigenvalue weighted by Gasteiger charge is 2.15. The molecule has 0 aliphatic rings. The number of aryl methyl sites for hydroxylation is 1. The molecule has 2 rings (SSSR count). The van der Waals surface area contributed by atoms with E-state index >= 15 is 0 Å². The average Bonchev–Trinajstić information content (AvgIpc) is 2.66. The van der Waals surface area contributed by atoms with Gasteiger partial charge in [-0.05, 0) is 6.92 Å². The molecule has 0 N–H and O–H groups in total. The van der Waals surface area contributed by atoms with Crippen LogP contribution in [0.2, 0.25) is 0 Å². The lowest BCUT2D eigenvalue weighted by atomic mass is 10.3. The molecule has 14 heavy (non-hydrogen) atoms. The zero-order chi connectivity index (χ0) is 10.1. The van der Waals surface area contributed by atoms with Crippen molar-refractivity contribution in [1.82, 2.24) is 24.8 Å². The third-order valence-corrected chi connectivity index (χ3v) is 1.81. The van der Waals surface area contributed by atoms with E-state index in [1.807, 2.05) is 0 Å². The van der Waals surface area contributed by atoms with Crippen LogP contribution in [0.15, 0.2) is 6.33 Å². The Morgan fingerprint density at radius 1 is 1.50 bits per heavy atom. The summed E-state index contributed by atoms with van der Waals surface area (Å²) in [6, 6.07) is 0. The first kappa shape index (κ1) is 8.54. The summed E-state index contributed by atoms with van der Waals surface area (Å²) in [5.41, 5.74) is 0.699. The molecular formula is C7H7N5O2. The summed E-state index contributed by atoms with van der Waals surface area (Å²) in [4.78, 5) is 15.0. The molecule has 0 spiro atoms. The highest BCUT2D eigenvalue weighted by molar-refractivity contribution is 5.88. The predicted octanol–water partition coefficient (Wildman–Crippen LogP) is -0.386. The Morgan fingerprint density at radius 3 is 3.00 bits per heavy atom. The Morgan fingerprint density at radius 2 is 2.29 bits per heavy atom. The number of carbonyl (C=O) groups excluding carboxylic acids is 1. The molecule has 0 unspecified atom stereocenters. The van der Waals surface area contributed by atoms with Gasteiger partial charge in [0.1, 0.15) is 6.33 Å². The highest BCUT2D eigenvalue weighted by Crippen LogP contribution is 2.04. The lowest BCUT2D eigenvalue weighted by molar-refractivity contribution is 0.0590. The van der Waals surface area contributed by atoms with E-state index in [2.05, 4.69) is 25.0 Å². The third-order valence-electron chi connectivity index (χ3n) is 1.81. The van der Waals surface area contributed by atoms with Crippen molar-refractivity contribution in [2.45, 2.75) is 6.92 Å². The molecule has 7 heteroatoms. The largest absolute Gasteiger partial charge is 0.464 e. The fraction of sp³-hybridized carbons (Fsp3) is 0.286. The second kappa shape index (κ2) is 3.02. The third kappa shape index (κ3) is 1.10.